The van der Waals surface area contributed by atoms with E-state index in [1.165, 1.54) is 13.0 Å². The van der Waals surface area contributed by atoms with Crippen molar-refractivity contribution in [2.75, 3.05) is 19.6 Å². The van der Waals surface area contributed by atoms with E-state index < -0.39 is 0 Å². The molecule has 60 valence electrons. The van der Waals surface area contributed by atoms with Gasteiger partial charge in [0.2, 0.25) is 0 Å². The predicted molar refractivity (Wildman–Crippen MR) is 45.2 cm³/mol. The zero-order valence-corrected chi connectivity index (χ0v) is 6.69. The molecule has 2 heterocycles. The lowest BCUT2D eigenvalue weighted by atomic mass is 9.71. The van der Waals surface area contributed by atoms with Crippen molar-refractivity contribution in [2.45, 2.75) is 18.9 Å². The molecule has 2 atom stereocenters. The second kappa shape index (κ2) is 2.51. The van der Waals surface area contributed by atoms with Crippen molar-refractivity contribution in [1.29, 1.82) is 0 Å². The van der Waals surface area contributed by atoms with Crippen LogP contribution in [0.2, 0.25) is 0 Å². The molecule has 2 unspecified atom stereocenters. The van der Waals surface area contributed by atoms with Crippen LogP contribution in [-0.4, -0.2) is 25.7 Å². The first-order valence-electron chi connectivity index (χ1n) is 4.25. The number of hydrogen-bond acceptors (Lipinski definition) is 2. The Morgan fingerprint density at radius 3 is 2.91 bits per heavy atom. The third-order valence-corrected chi connectivity index (χ3v) is 3.04. The summed E-state index contributed by atoms with van der Waals surface area (Å²) in [5.74, 6) is 2.73. The molecule has 1 spiro atoms. The molecule has 2 aliphatic rings. The predicted octanol–water partition coefficient (Wildman–Crippen LogP) is -0.0388. The summed E-state index contributed by atoms with van der Waals surface area (Å²) < 4.78 is 0. The Balaban J connectivity index is 1.99. The van der Waals surface area contributed by atoms with E-state index in [1.54, 1.807) is 0 Å². The Bertz CT molecular complexity index is 186. The summed E-state index contributed by atoms with van der Waals surface area (Å²) in [4.78, 5) is 0. The lowest BCUT2D eigenvalue weighted by molar-refractivity contribution is 0.109. The Labute approximate surface area is 67.7 Å². The van der Waals surface area contributed by atoms with Gasteiger partial charge in [-0.3, -0.25) is 0 Å². The van der Waals surface area contributed by atoms with Gasteiger partial charge in [0, 0.05) is 31.0 Å². The van der Waals surface area contributed by atoms with Gasteiger partial charge >= 0.3 is 0 Å². The molecular formula is C9H14N2. The summed E-state index contributed by atoms with van der Waals surface area (Å²) in [6.07, 6.45) is 7.47. The van der Waals surface area contributed by atoms with E-state index in [4.69, 9.17) is 6.42 Å². The molecule has 0 saturated carbocycles. The van der Waals surface area contributed by atoms with Crippen molar-refractivity contribution in [1.82, 2.24) is 10.6 Å². The standard InChI is InChI=1S/C9H14N2/c1-2-3-8-9(7-11-8)4-5-10-6-9/h1,8,10-11H,3-7H2. The van der Waals surface area contributed by atoms with Crippen LogP contribution >= 0.6 is 0 Å². The summed E-state index contributed by atoms with van der Waals surface area (Å²) >= 11 is 0. The Hall–Kier alpha value is -0.520. The van der Waals surface area contributed by atoms with E-state index in [0.29, 0.717) is 11.5 Å². The number of terminal acetylenes is 1. The van der Waals surface area contributed by atoms with Gasteiger partial charge < -0.3 is 10.6 Å². The molecule has 0 aromatic heterocycles. The van der Waals surface area contributed by atoms with Crippen molar-refractivity contribution in [2.24, 2.45) is 5.41 Å². The molecule has 2 aliphatic heterocycles. The fraction of sp³-hybridized carbons (Fsp3) is 0.778. The molecule has 2 N–H and O–H groups in total. The van der Waals surface area contributed by atoms with E-state index in [0.717, 1.165) is 19.5 Å². The van der Waals surface area contributed by atoms with Gasteiger partial charge in [-0.15, -0.1) is 12.3 Å². The van der Waals surface area contributed by atoms with Crippen LogP contribution < -0.4 is 10.6 Å². The van der Waals surface area contributed by atoms with Crippen molar-refractivity contribution in [3.05, 3.63) is 0 Å². The van der Waals surface area contributed by atoms with Gasteiger partial charge in [0.05, 0.1) is 0 Å². The first kappa shape index (κ1) is 7.15. The van der Waals surface area contributed by atoms with Gasteiger partial charge in [-0.2, -0.15) is 0 Å². The van der Waals surface area contributed by atoms with Crippen LogP contribution in [0.15, 0.2) is 0 Å². The van der Waals surface area contributed by atoms with Gasteiger partial charge in [-0.05, 0) is 13.0 Å². The Morgan fingerprint density at radius 2 is 2.45 bits per heavy atom. The molecular weight excluding hydrogens is 136 g/mol. The van der Waals surface area contributed by atoms with Crippen molar-refractivity contribution in [3.8, 4) is 12.3 Å². The third-order valence-electron chi connectivity index (χ3n) is 3.04. The minimum absolute atomic E-state index is 0.520. The summed E-state index contributed by atoms with van der Waals surface area (Å²) in [5, 5.41) is 6.79. The molecule has 2 heteroatoms. The van der Waals surface area contributed by atoms with Crippen LogP contribution in [0.5, 0.6) is 0 Å². The number of rotatable bonds is 1. The normalized spacial score (nSPS) is 41.9. The maximum Gasteiger partial charge on any atom is 0.0258 e. The van der Waals surface area contributed by atoms with Gasteiger partial charge in [0.25, 0.3) is 0 Å². The van der Waals surface area contributed by atoms with Crippen LogP contribution in [0.1, 0.15) is 12.8 Å². The van der Waals surface area contributed by atoms with E-state index in [1.807, 2.05) is 0 Å². The van der Waals surface area contributed by atoms with Gasteiger partial charge in [0.15, 0.2) is 0 Å². The van der Waals surface area contributed by atoms with E-state index >= 15 is 0 Å². The largest absolute Gasteiger partial charge is 0.316 e. The molecule has 2 fully saturated rings. The SMILES string of the molecule is C#CCC1NCC12CCNC2. The average molecular weight is 150 g/mol. The molecule has 0 radical (unpaired) electrons. The summed E-state index contributed by atoms with van der Waals surface area (Å²) in [7, 11) is 0. The van der Waals surface area contributed by atoms with Gasteiger partial charge in [0.1, 0.15) is 0 Å². The average Bonchev–Trinajstić information content (AvgIpc) is 2.48. The van der Waals surface area contributed by atoms with Crippen LogP contribution in [-0.2, 0) is 0 Å². The summed E-state index contributed by atoms with van der Waals surface area (Å²) in [6, 6.07) is 0.586. The maximum atomic E-state index is 5.28. The third kappa shape index (κ3) is 0.962. The lowest BCUT2D eigenvalue weighted by Gasteiger charge is -2.47. The van der Waals surface area contributed by atoms with E-state index in [9.17, 15) is 0 Å². The first-order valence-corrected chi connectivity index (χ1v) is 4.25. The Kier molecular flexibility index (Phi) is 1.63. The highest BCUT2D eigenvalue weighted by atomic mass is 15.1. The highest BCUT2D eigenvalue weighted by molar-refractivity contribution is 5.10. The van der Waals surface area contributed by atoms with Crippen molar-refractivity contribution >= 4 is 0 Å². The van der Waals surface area contributed by atoms with Gasteiger partial charge in [-0.25, -0.2) is 0 Å². The van der Waals surface area contributed by atoms with Crippen LogP contribution in [0.25, 0.3) is 0 Å². The molecule has 0 aromatic rings. The molecule has 0 bridgehead atoms. The fourth-order valence-corrected chi connectivity index (χ4v) is 2.15. The quantitative estimate of drug-likeness (QED) is 0.513. The highest BCUT2D eigenvalue weighted by Crippen LogP contribution is 2.36. The number of hydrogen-bond donors (Lipinski definition) is 2. The molecule has 2 rings (SSSR count). The topological polar surface area (TPSA) is 24.1 Å². The summed E-state index contributed by atoms with van der Waals surface area (Å²) in [5.41, 5.74) is 0.520. The molecule has 0 aromatic carbocycles. The summed E-state index contributed by atoms with van der Waals surface area (Å²) in [6.45, 7) is 3.49. The molecule has 2 nitrogen and oxygen atoms in total. The van der Waals surface area contributed by atoms with Crippen LogP contribution in [0.4, 0.5) is 0 Å². The van der Waals surface area contributed by atoms with E-state index in [-0.39, 0.29) is 0 Å². The van der Waals surface area contributed by atoms with Crippen molar-refractivity contribution in [3.63, 3.8) is 0 Å². The van der Waals surface area contributed by atoms with Crippen LogP contribution in [0, 0.1) is 17.8 Å². The lowest BCUT2D eigenvalue weighted by Crippen LogP contribution is -2.63. The fourth-order valence-electron chi connectivity index (χ4n) is 2.15. The molecule has 2 saturated heterocycles. The minimum Gasteiger partial charge on any atom is -0.316 e. The van der Waals surface area contributed by atoms with Crippen LogP contribution in [0.3, 0.4) is 0 Å². The zero-order chi connectivity index (χ0) is 7.73. The minimum atomic E-state index is 0.520. The van der Waals surface area contributed by atoms with Gasteiger partial charge in [-0.1, -0.05) is 0 Å². The van der Waals surface area contributed by atoms with Crippen molar-refractivity contribution < 1.29 is 0 Å². The molecule has 0 amide bonds. The monoisotopic (exact) mass is 150 g/mol. The first-order chi connectivity index (χ1) is 5.37. The zero-order valence-electron chi connectivity index (χ0n) is 6.69. The highest BCUT2D eigenvalue weighted by Gasteiger charge is 2.47. The smallest absolute Gasteiger partial charge is 0.0258 e. The molecule has 0 aliphatic carbocycles. The second-order valence-corrected chi connectivity index (χ2v) is 3.63. The molecule has 11 heavy (non-hydrogen) atoms. The number of nitrogens with one attached hydrogen (secondary N) is 2. The Morgan fingerprint density at radius 1 is 1.55 bits per heavy atom. The maximum absolute atomic E-state index is 5.28. The van der Waals surface area contributed by atoms with E-state index in [2.05, 4.69) is 16.6 Å². The second-order valence-electron chi connectivity index (χ2n) is 3.63.